The van der Waals surface area contributed by atoms with Gasteiger partial charge in [-0.25, -0.2) is 0 Å². The molecule has 1 unspecified atom stereocenters. The van der Waals surface area contributed by atoms with E-state index in [-0.39, 0.29) is 11.5 Å². The summed E-state index contributed by atoms with van der Waals surface area (Å²) in [6.07, 6.45) is 2.82. The molecule has 1 aliphatic heterocycles. The van der Waals surface area contributed by atoms with Crippen LogP contribution in [0.2, 0.25) is 0 Å². The molecule has 4 heteroatoms. The van der Waals surface area contributed by atoms with Crippen LogP contribution in [0.5, 0.6) is 0 Å². The molecule has 0 aliphatic carbocycles. The lowest BCUT2D eigenvalue weighted by Gasteiger charge is -2.34. The summed E-state index contributed by atoms with van der Waals surface area (Å²) >= 11 is 0. The maximum atomic E-state index is 12.2. The van der Waals surface area contributed by atoms with Crippen LogP contribution < -0.4 is 5.73 Å². The van der Waals surface area contributed by atoms with Gasteiger partial charge in [0.15, 0.2) is 0 Å². The van der Waals surface area contributed by atoms with Crippen molar-refractivity contribution in [1.29, 1.82) is 0 Å². The minimum absolute atomic E-state index is 0.193. The van der Waals surface area contributed by atoms with Crippen LogP contribution in [0.25, 0.3) is 0 Å². The highest BCUT2D eigenvalue weighted by atomic mass is 16.5. The fourth-order valence-electron chi connectivity index (χ4n) is 2.20. The molecule has 1 fully saturated rings. The summed E-state index contributed by atoms with van der Waals surface area (Å²) in [4.78, 5) is 14.2. The third kappa shape index (κ3) is 5.49. The number of hydrogen-bond donors (Lipinski definition) is 1. The number of amides is 1. The zero-order chi connectivity index (χ0) is 14.5. The van der Waals surface area contributed by atoms with Gasteiger partial charge in [-0.15, -0.1) is 0 Å². The fraction of sp³-hybridized carbons (Fsp3) is 0.933. The molecule has 1 atom stereocenters. The molecule has 1 amide bonds. The van der Waals surface area contributed by atoms with Crippen molar-refractivity contribution in [2.24, 2.45) is 17.1 Å². The Morgan fingerprint density at radius 3 is 2.42 bits per heavy atom. The number of rotatable bonds is 5. The van der Waals surface area contributed by atoms with Crippen LogP contribution in [0.1, 0.15) is 47.0 Å². The minimum atomic E-state index is 0.193. The van der Waals surface area contributed by atoms with Gasteiger partial charge in [0.2, 0.25) is 5.91 Å². The van der Waals surface area contributed by atoms with Crippen LogP contribution in [-0.4, -0.2) is 43.2 Å². The Kier molecular flexibility index (Phi) is 6.27. The Hall–Kier alpha value is -0.610. The second-order valence-electron chi connectivity index (χ2n) is 6.71. The number of nitrogens with two attached hydrogens (primary N) is 1. The second-order valence-corrected chi connectivity index (χ2v) is 6.71. The van der Waals surface area contributed by atoms with Crippen molar-refractivity contribution in [2.45, 2.75) is 53.1 Å². The lowest BCUT2D eigenvalue weighted by atomic mass is 9.80. The molecule has 0 aromatic heterocycles. The number of carbonyl (C=O) groups is 1. The monoisotopic (exact) mass is 270 g/mol. The fourth-order valence-corrected chi connectivity index (χ4v) is 2.20. The van der Waals surface area contributed by atoms with Crippen molar-refractivity contribution < 1.29 is 9.53 Å². The van der Waals surface area contributed by atoms with E-state index in [1.807, 2.05) is 4.90 Å². The number of piperidine rings is 1. The Morgan fingerprint density at radius 1 is 1.37 bits per heavy atom. The van der Waals surface area contributed by atoms with E-state index in [1.54, 1.807) is 0 Å². The summed E-state index contributed by atoms with van der Waals surface area (Å²) in [6, 6.07) is 0. The normalized spacial score (nSPS) is 19.5. The standard InChI is InChI=1S/C15H30N2O2/c1-12(15(2,3)4)11-14(18)17-8-5-13(6-9-17)19-10-7-16/h12-13H,5-11,16H2,1-4H3. The number of hydrogen-bond acceptors (Lipinski definition) is 3. The lowest BCUT2D eigenvalue weighted by molar-refractivity contribution is -0.135. The van der Waals surface area contributed by atoms with E-state index in [0.717, 1.165) is 25.9 Å². The topological polar surface area (TPSA) is 55.6 Å². The summed E-state index contributed by atoms with van der Waals surface area (Å²) in [6.45, 7) is 11.6. The van der Waals surface area contributed by atoms with E-state index in [0.29, 0.717) is 31.4 Å². The lowest BCUT2D eigenvalue weighted by Crippen LogP contribution is -2.42. The molecule has 2 N–H and O–H groups in total. The first-order chi connectivity index (χ1) is 8.84. The molecule has 1 aliphatic rings. The van der Waals surface area contributed by atoms with Gasteiger partial charge in [-0.1, -0.05) is 27.7 Å². The van der Waals surface area contributed by atoms with Crippen molar-refractivity contribution in [3.8, 4) is 0 Å². The Balaban J connectivity index is 2.33. The van der Waals surface area contributed by atoms with Gasteiger partial charge < -0.3 is 15.4 Å². The number of nitrogens with zero attached hydrogens (tertiary/aromatic N) is 1. The smallest absolute Gasteiger partial charge is 0.222 e. The number of ether oxygens (including phenoxy) is 1. The van der Waals surface area contributed by atoms with Gasteiger partial charge >= 0.3 is 0 Å². The highest BCUT2D eigenvalue weighted by Gasteiger charge is 2.27. The van der Waals surface area contributed by atoms with Gasteiger partial charge in [0, 0.05) is 26.1 Å². The Morgan fingerprint density at radius 2 is 1.95 bits per heavy atom. The molecule has 1 rings (SSSR count). The zero-order valence-electron chi connectivity index (χ0n) is 12.9. The summed E-state index contributed by atoms with van der Waals surface area (Å²) in [5.74, 6) is 0.700. The van der Waals surface area contributed by atoms with Crippen molar-refractivity contribution in [3.63, 3.8) is 0 Å². The molecule has 0 radical (unpaired) electrons. The van der Waals surface area contributed by atoms with Crippen LogP contribution in [-0.2, 0) is 9.53 Å². The maximum absolute atomic E-state index is 12.2. The molecule has 0 aromatic carbocycles. The molecule has 4 nitrogen and oxygen atoms in total. The van der Waals surface area contributed by atoms with Crippen molar-refractivity contribution >= 4 is 5.91 Å². The number of carbonyl (C=O) groups excluding carboxylic acids is 1. The molecule has 1 saturated heterocycles. The first-order valence-electron chi connectivity index (χ1n) is 7.44. The van der Waals surface area contributed by atoms with Crippen LogP contribution in [0, 0.1) is 11.3 Å². The van der Waals surface area contributed by atoms with Crippen LogP contribution in [0.15, 0.2) is 0 Å². The van der Waals surface area contributed by atoms with Gasteiger partial charge in [0.25, 0.3) is 0 Å². The van der Waals surface area contributed by atoms with E-state index in [4.69, 9.17) is 10.5 Å². The predicted molar refractivity (Wildman–Crippen MR) is 77.8 cm³/mol. The molecule has 1 heterocycles. The SMILES string of the molecule is CC(CC(=O)N1CCC(OCCN)CC1)C(C)(C)C. The molecule has 0 spiro atoms. The first-order valence-corrected chi connectivity index (χ1v) is 7.44. The molecular weight excluding hydrogens is 240 g/mol. The van der Waals surface area contributed by atoms with Crippen LogP contribution >= 0.6 is 0 Å². The summed E-state index contributed by atoms with van der Waals surface area (Å²) in [5, 5.41) is 0. The summed E-state index contributed by atoms with van der Waals surface area (Å²) < 4.78 is 5.63. The van der Waals surface area contributed by atoms with E-state index in [9.17, 15) is 4.79 Å². The molecular formula is C15H30N2O2. The summed E-state index contributed by atoms with van der Waals surface area (Å²) in [5.41, 5.74) is 5.62. The highest BCUT2D eigenvalue weighted by Crippen LogP contribution is 2.29. The number of likely N-dealkylation sites (tertiary alicyclic amines) is 1. The third-order valence-electron chi connectivity index (χ3n) is 4.23. The molecule has 0 bridgehead atoms. The zero-order valence-corrected chi connectivity index (χ0v) is 12.9. The van der Waals surface area contributed by atoms with Crippen molar-refractivity contribution in [2.75, 3.05) is 26.2 Å². The highest BCUT2D eigenvalue weighted by molar-refractivity contribution is 5.76. The van der Waals surface area contributed by atoms with Gasteiger partial charge in [-0.3, -0.25) is 4.79 Å². The van der Waals surface area contributed by atoms with Crippen molar-refractivity contribution in [3.05, 3.63) is 0 Å². The molecule has 0 saturated carbocycles. The minimum Gasteiger partial charge on any atom is -0.377 e. The maximum Gasteiger partial charge on any atom is 0.222 e. The van der Waals surface area contributed by atoms with Crippen LogP contribution in [0.3, 0.4) is 0 Å². The average Bonchev–Trinajstić information content (AvgIpc) is 2.35. The quantitative estimate of drug-likeness (QED) is 0.831. The predicted octanol–water partition coefficient (Wildman–Crippen LogP) is 2.02. The van der Waals surface area contributed by atoms with Gasteiger partial charge in [-0.05, 0) is 24.2 Å². The Bertz CT molecular complexity index is 278. The van der Waals surface area contributed by atoms with Gasteiger partial charge in [0.1, 0.15) is 0 Å². The van der Waals surface area contributed by atoms with Crippen LogP contribution in [0.4, 0.5) is 0 Å². The second kappa shape index (κ2) is 7.25. The third-order valence-corrected chi connectivity index (χ3v) is 4.23. The molecule has 0 aromatic rings. The molecule has 19 heavy (non-hydrogen) atoms. The average molecular weight is 270 g/mol. The first kappa shape index (κ1) is 16.4. The molecule has 112 valence electrons. The van der Waals surface area contributed by atoms with E-state index in [2.05, 4.69) is 27.7 Å². The van der Waals surface area contributed by atoms with Gasteiger partial charge in [0.05, 0.1) is 12.7 Å². The Labute approximate surface area is 117 Å². The van der Waals surface area contributed by atoms with E-state index < -0.39 is 0 Å². The summed E-state index contributed by atoms with van der Waals surface area (Å²) in [7, 11) is 0. The van der Waals surface area contributed by atoms with E-state index in [1.165, 1.54) is 0 Å². The van der Waals surface area contributed by atoms with E-state index >= 15 is 0 Å². The van der Waals surface area contributed by atoms with Gasteiger partial charge in [-0.2, -0.15) is 0 Å². The largest absolute Gasteiger partial charge is 0.377 e. The van der Waals surface area contributed by atoms with Crippen molar-refractivity contribution in [1.82, 2.24) is 4.90 Å².